The number of nitrogens with one attached hydrogen (secondary N) is 1. The van der Waals surface area contributed by atoms with E-state index in [-0.39, 0.29) is 21.9 Å². The third-order valence-electron chi connectivity index (χ3n) is 5.02. The number of carbonyl (C=O) groups excluding carboxylic acids is 1. The molecular formula is C23H21FN2O4S. The maximum absolute atomic E-state index is 14.0. The fourth-order valence-corrected chi connectivity index (χ4v) is 5.09. The average molecular weight is 440 g/mol. The maximum Gasteiger partial charge on any atom is 0.264 e. The Morgan fingerprint density at radius 3 is 2.68 bits per heavy atom. The molecule has 3 aromatic rings. The summed E-state index contributed by atoms with van der Waals surface area (Å²) in [6.07, 6.45) is 0.638. The number of benzene rings is 3. The predicted molar refractivity (Wildman–Crippen MR) is 117 cm³/mol. The first-order valence-electron chi connectivity index (χ1n) is 9.84. The van der Waals surface area contributed by atoms with Crippen LogP contribution in [-0.2, 0) is 16.4 Å². The van der Waals surface area contributed by atoms with Crippen molar-refractivity contribution in [2.24, 2.45) is 0 Å². The Morgan fingerprint density at radius 1 is 1.10 bits per heavy atom. The van der Waals surface area contributed by atoms with Crippen molar-refractivity contribution in [2.75, 3.05) is 22.8 Å². The number of halogens is 1. The van der Waals surface area contributed by atoms with Crippen LogP contribution in [0.25, 0.3) is 0 Å². The van der Waals surface area contributed by atoms with Gasteiger partial charge in [0.1, 0.15) is 0 Å². The van der Waals surface area contributed by atoms with Gasteiger partial charge in [-0.2, -0.15) is 0 Å². The zero-order valence-electron chi connectivity index (χ0n) is 16.8. The van der Waals surface area contributed by atoms with Gasteiger partial charge >= 0.3 is 0 Å². The zero-order chi connectivity index (χ0) is 22.0. The first kappa shape index (κ1) is 20.9. The third kappa shape index (κ3) is 4.11. The molecule has 4 rings (SSSR count). The van der Waals surface area contributed by atoms with E-state index in [9.17, 15) is 17.6 Å². The number of sulfonamides is 1. The van der Waals surface area contributed by atoms with Crippen LogP contribution >= 0.6 is 0 Å². The monoisotopic (exact) mass is 440 g/mol. The van der Waals surface area contributed by atoms with E-state index in [4.69, 9.17) is 4.74 Å². The van der Waals surface area contributed by atoms with Gasteiger partial charge in [-0.1, -0.05) is 24.3 Å². The van der Waals surface area contributed by atoms with Gasteiger partial charge in [-0.3, -0.25) is 9.10 Å². The molecule has 0 fully saturated rings. The molecule has 3 aromatic carbocycles. The molecule has 0 bridgehead atoms. The molecule has 1 amide bonds. The number of carbonyl (C=O) groups is 1. The molecule has 0 atom stereocenters. The number of anilines is 2. The molecule has 0 saturated heterocycles. The first-order chi connectivity index (χ1) is 14.9. The minimum Gasteiger partial charge on any atom is -0.491 e. The van der Waals surface area contributed by atoms with Crippen molar-refractivity contribution in [3.63, 3.8) is 0 Å². The van der Waals surface area contributed by atoms with Crippen LogP contribution in [0.2, 0.25) is 0 Å². The van der Waals surface area contributed by atoms with Gasteiger partial charge in [-0.05, 0) is 55.3 Å². The van der Waals surface area contributed by atoms with Crippen LogP contribution in [0.3, 0.4) is 0 Å². The van der Waals surface area contributed by atoms with Crippen LogP contribution in [0.4, 0.5) is 15.8 Å². The van der Waals surface area contributed by atoms with E-state index in [0.29, 0.717) is 25.3 Å². The number of hydrogen-bond donors (Lipinski definition) is 1. The molecule has 1 N–H and O–H groups in total. The van der Waals surface area contributed by atoms with Crippen molar-refractivity contribution in [3.8, 4) is 5.75 Å². The zero-order valence-corrected chi connectivity index (χ0v) is 17.7. The molecule has 31 heavy (non-hydrogen) atoms. The van der Waals surface area contributed by atoms with Gasteiger partial charge in [0, 0.05) is 23.9 Å². The fourth-order valence-electron chi connectivity index (χ4n) is 3.54. The minimum atomic E-state index is -3.82. The van der Waals surface area contributed by atoms with Crippen LogP contribution in [0, 0.1) is 5.82 Å². The summed E-state index contributed by atoms with van der Waals surface area (Å²) >= 11 is 0. The summed E-state index contributed by atoms with van der Waals surface area (Å²) in [4.78, 5) is 12.7. The highest BCUT2D eigenvalue weighted by Crippen LogP contribution is 2.33. The van der Waals surface area contributed by atoms with Gasteiger partial charge in [0.2, 0.25) is 0 Å². The number of rotatable bonds is 6. The summed E-state index contributed by atoms with van der Waals surface area (Å²) in [6, 6.07) is 17.3. The molecule has 6 nitrogen and oxygen atoms in total. The van der Waals surface area contributed by atoms with Crippen molar-refractivity contribution < 1.29 is 22.3 Å². The highest BCUT2D eigenvalue weighted by atomic mass is 32.2. The second-order valence-corrected chi connectivity index (χ2v) is 8.88. The Bertz CT molecular complexity index is 1240. The Morgan fingerprint density at radius 2 is 1.90 bits per heavy atom. The SMILES string of the molecule is CCOc1ccc(NC(=O)c2cccc(S(=O)(=O)N3CCc4ccccc43)c2)cc1F. The molecule has 0 saturated carbocycles. The average Bonchev–Trinajstić information content (AvgIpc) is 3.21. The van der Waals surface area contributed by atoms with Gasteiger partial charge in [0.05, 0.1) is 17.2 Å². The normalized spacial score (nSPS) is 13.0. The van der Waals surface area contributed by atoms with Crippen LogP contribution in [-0.4, -0.2) is 27.5 Å². The van der Waals surface area contributed by atoms with Gasteiger partial charge < -0.3 is 10.1 Å². The molecule has 0 aliphatic carbocycles. The lowest BCUT2D eigenvalue weighted by molar-refractivity contribution is 0.102. The van der Waals surface area contributed by atoms with E-state index in [2.05, 4.69) is 5.32 Å². The Labute approximate surface area is 180 Å². The van der Waals surface area contributed by atoms with Crippen LogP contribution in [0.5, 0.6) is 5.75 Å². The van der Waals surface area contributed by atoms with E-state index in [1.54, 1.807) is 19.1 Å². The lowest BCUT2D eigenvalue weighted by atomic mass is 10.2. The van der Waals surface area contributed by atoms with Gasteiger partial charge in [0.15, 0.2) is 11.6 Å². The molecule has 0 spiro atoms. The van der Waals surface area contributed by atoms with E-state index in [1.807, 2.05) is 12.1 Å². The molecule has 0 unspecified atom stereocenters. The predicted octanol–water partition coefficient (Wildman–Crippen LogP) is 4.23. The number of hydrogen-bond acceptors (Lipinski definition) is 4. The number of para-hydroxylation sites is 1. The molecule has 1 heterocycles. The minimum absolute atomic E-state index is 0.0229. The second-order valence-electron chi connectivity index (χ2n) is 7.02. The smallest absolute Gasteiger partial charge is 0.264 e. The molecular weight excluding hydrogens is 419 g/mol. The van der Waals surface area contributed by atoms with Crippen LogP contribution < -0.4 is 14.4 Å². The summed E-state index contributed by atoms with van der Waals surface area (Å²) in [5.41, 5.74) is 2.02. The molecule has 160 valence electrons. The summed E-state index contributed by atoms with van der Waals surface area (Å²) in [6.45, 7) is 2.42. The van der Waals surface area contributed by atoms with Crippen molar-refractivity contribution in [1.82, 2.24) is 0 Å². The Balaban J connectivity index is 1.57. The lowest BCUT2D eigenvalue weighted by Gasteiger charge is -2.20. The topological polar surface area (TPSA) is 75.7 Å². The fraction of sp³-hybridized carbons (Fsp3) is 0.174. The van der Waals surface area contributed by atoms with Gasteiger partial charge in [-0.15, -0.1) is 0 Å². The highest BCUT2D eigenvalue weighted by molar-refractivity contribution is 7.92. The van der Waals surface area contributed by atoms with E-state index in [0.717, 1.165) is 11.6 Å². The van der Waals surface area contributed by atoms with E-state index >= 15 is 0 Å². The van der Waals surface area contributed by atoms with E-state index < -0.39 is 21.7 Å². The quantitative estimate of drug-likeness (QED) is 0.623. The summed E-state index contributed by atoms with van der Waals surface area (Å²) in [7, 11) is -3.82. The van der Waals surface area contributed by atoms with Crippen molar-refractivity contribution in [2.45, 2.75) is 18.2 Å². The number of amides is 1. The molecule has 1 aliphatic heterocycles. The summed E-state index contributed by atoms with van der Waals surface area (Å²) in [5.74, 6) is -1.04. The van der Waals surface area contributed by atoms with Gasteiger partial charge in [0.25, 0.3) is 15.9 Å². The molecule has 8 heteroatoms. The Kier molecular flexibility index (Phi) is 5.65. The largest absolute Gasteiger partial charge is 0.491 e. The molecule has 0 aromatic heterocycles. The van der Waals surface area contributed by atoms with Crippen LogP contribution in [0.1, 0.15) is 22.8 Å². The maximum atomic E-state index is 14.0. The van der Waals surface area contributed by atoms with Crippen molar-refractivity contribution in [3.05, 3.63) is 83.7 Å². The number of fused-ring (bicyclic) bond motifs is 1. The Hall–Kier alpha value is -3.39. The second kappa shape index (κ2) is 8.39. The number of nitrogens with zero attached hydrogens (tertiary/aromatic N) is 1. The highest BCUT2D eigenvalue weighted by Gasteiger charge is 2.31. The first-order valence-corrected chi connectivity index (χ1v) is 11.3. The number of ether oxygens (including phenoxy) is 1. The van der Waals surface area contributed by atoms with Crippen molar-refractivity contribution >= 4 is 27.3 Å². The molecule has 1 aliphatic rings. The lowest BCUT2D eigenvalue weighted by Crippen LogP contribution is -2.29. The van der Waals surface area contributed by atoms with Crippen molar-refractivity contribution in [1.29, 1.82) is 0 Å². The third-order valence-corrected chi connectivity index (χ3v) is 6.83. The standard InChI is InChI=1S/C23H21FN2O4S/c1-2-30-22-11-10-18(15-20(22)24)25-23(27)17-7-5-8-19(14-17)31(28,29)26-13-12-16-6-3-4-9-21(16)26/h3-11,14-15H,2,12-13H2,1H3,(H,25,27). The van der Waals surface area contributed by atoms with E-state index in [1.165, 1.54) is 40.7 Å². The summed E-state index contributed by atoms with van der Waals surface area (Å²) < 4.78 is 47.0. The molecule has 0 radical (unpaired) electrons. The van der Waals surface area contributed by atoms with Crippen LogP contribution in [0.15, 0.2) is 71.6 Å². The van der Waals surface area contributed by atoms with Gasteiger partial charge in [-0.25, -0.2) is 12.8 Å². The summed E-state index contributed by atoms with van der Waals surface area (Å²) in [5, 5.41) is 2.59.